The largest absolute Gasteiger partial charge is 0.354 e. The Morgan fingerprint density at radius 2 is 1.57 bits per heavy atom. The molecule has 0 fully saturated rings. The molecule has 0 aliphatic heterocycles. The molecule has 0 saturated heterocycles. The van der Waals surface area contributed by atoms with Gasteiger partial charge in [-0.3, -0.25) is 9.78 Å². The maximum Gasteiger partial charge on any atom is 0.220 e. The molecule has 0 bridgehead atoms. The van der Waals surface area contributed by atoms with Crippen molar-refractivity contribution in [3.63, 3.8) is 0 Å². The predicted octanol–water partition coefficient (Wildman–Crippen LogP) is 6.64. The first-order valence-corrected chi connectivity index (χ1v) is 8.72. The molecule has 2 aromatic rings. The van der Waals surface area contributed by atoms with Gasteiger partial charge in [0.15, 0.2) is 0 Å². The van der Waals surface area contributed by atoms with Gasteiger partial charge in [0.1, 0.15) is 0 Å². The van der Waals surface area contributed by atoms with E-state index in [0.717, 1.165) is 12.8 Å². The number of aryl methyl sites for hydroxylation is 1. The molecule has 0 atom stereocenters. The van der Waals surface area contributed by atoms with Crippen LogP contribution in [0.4, 0.5) is 0 Å². The van der Waals surface area contributed by atoms with Crippen LogP contribution in [0.5, 0.6) is 0 Å². The van der Waals surface area contributed by atoms with E-state index in [1.54, 1.807) is 6.20 Å². The molecule has 1 radical (unpaired) electrons. The summed E-state index contributed by atoms with van der Waals surface area (Å²) < 4.78 is 0. The number of amides is 1. The third-order valence-electron chi connectivity index (χ3n) is 3.51. The standard InChI is InChI=1S/C13H19NO.C8H11N.3CH4.Y/c1-11(2)14-13(15)10-6-9-12-7-4-3-5-8-12;1-7(2)8-4-3-5-9-6-8;;;;/h3-5,7-8,11H,6,9-10H2,1-2H3,(H,14,15);3-7H,1-2H3;3*1H4;. The number of hydrogen-bond donors (Lipinski definition) is 1. The third-order valence-corrected chi connectivity index (χ3v) is 3.51. The van der Waals surface area contributed by atoms with Crippen LogP contribution in [-0.4, -0.2) is 16.9 Å². The molecule has 157 valence electrons. The monoisotopic (exact) mass is 463 g/mol. The number of nitrogens with zero attached hydrogens (tertiary/aromatic N) is 1. The Morgan fingerprint density at radius 3 is 2.00 bits per heavy atom. The summed E-state index contributed by atoms with van der Waals surface area (Å²) >= 11 is 0. The Bertz CT molecular complexity index is 572. The number of hydrogen-bond acceptors (Lipinski definition) is 2. The summed E-state index contributed by atoms with van der Waals surface area (Å²) in [4.78, 5) is 15.3. The van der Waals surface area contributed by atoms with Crippen molar-refractivity contribution >= 4 is 5.91 Å². The van der Waals surface area contributed by atoms with Gasteiger partial charge in [-0.05, 0) is 49.8 Å². The van der Waals surface area contributed by atoms with Gasteiger partial charge in [0, 0.05) is 57.6 Å². The van der Waals surface area contributed by atoms with E-state index in [1.807, 2.05) is 44.3 Å². The number of aromatic nitrogens is 1. The van der Waals surface area contributed by atoms with Gasteiger partial charge in [-0.25, -0.2) is 0 Å². The van der Waals surface area contributed by atoms with Gasteiger partial charge < -0.3 is 5.32 Å². The number of rotatable bonds is 6. The molecule has 0 saturated carbocycles. The number of carbonyl (C=O) groups is 1. The summed E-state index contributed by atoms with van der Waals surface area (Å²) in [7, 11) is 0. The predicted molar refractivity (Wildman–Crippen MR) is 121 cm³/mol. The Labute approximate surface area is 200 Å². The van der Waals surface area contributed by atoms with Crippen LogP contribution >= 0.6 is 0 Å². The number of pyridine rings is 1. The van der Waals surface area contributed by atoms with E-state index in [9.17, 15) is 4.79 Å². The van der Waals surface area contributed by atoms with Crippen molar-refractivity contribution in [2.75, 3.05) is 0 Å². The Hall–Kier alpha value is -1.06. The second-order valence-electron chi connectivity index (χ2n) is 6.50. The Morgan fingerprint density at radius 1 is 0.964 bits per heavy atom. The van der Waals surface area contributed by atoms with Gasteiger partial charge in [0.2, 0.25) is 5.91 Å². The van der Waals surface area contributed by atoms with E-state index in [0.29, 0.717) is 12.3 Å². The first kappa shape index (κ1) is 34.5. The van der Waals surface area contributed by atoms with E-state index < -0.39 is 0 Å². The zero-order chi connectivity index (χ0) is 17.8. The van der Waals surface area contributed by atoms with Crippen LogP contribution in [0.25, 0.3) is 0 Å². The smallest absolute Gasteiger partial charge is 0.220 e. The van der Waals surface area contributed by atoms with Crippen molar-refractivity contribution < 1.29 is 37.5 Å². The minimum absolute atomic E-state index is 0. The van der Waals surface area contributed by atoms with Gasteiger partial charge in [-0.15, -0.1) is 0 Å². The summed E-state index contributed by atoms with van der Waals surface area (Å²) in [6.45, 7) is 8.29. The molecule has 0 spiro atoms. The molecule has 1 N–H and O–H groups in total. The maximum atomic E-state index is 11.3. The average Bonchev–Trinajstić information content (AvgIpc) is 2.56. The topological polar surface area (TPSA) is 42.0 Å². The second kappa shape index (κ2) is 20.7. The molecule has 28 heavy (non-hydrogen) atoms. The SMILES string of the molecule is C.C.C.CC(C)NC(=O)CCCc1ccccc1.CC(C)c1cccnc1.[Y]. The minimum Gasteiger partial charge on any atom is -0.354 e. The maximum absolute atomic E-state index is 11.3. The summed E-state index contributed by atoms with van der Waals surface area (Å²) in [5.74, 6) is 0.750. The molecular weight excluding hydrogens is 421 g/mol. The van der Waals surface area contributed by atoms with Crippen molar-refractivity contribution in [1.82, 2.24) is 10.3 Å². The fraction of sp³-hybridized carbons (Fsp3) is 0.500. The quantitative estimate of drug-likeness (QED) is 0.522. The van der Waals surface area contributed by atoms with Crippen molar-refractivity contribution in [3.05, 3.63) is 66.0 Å². The molecular formula is C24H42N2OY. The zero-order valence-electron chi connectivity index (χ0n) is 15.9. The van der Waals surface area contributed by atoms with Crippen LogP contribution in [-0.2, 0) is 43.9 Å². The van der Waals surface area contributed by atoms with Gasteiger partial charge in [-0.1, -0.05) is 72.5 Å². The van der Waals surface area contributed by atoms with E-state index in [4.69, 9.17) is 0 Å². The number of benzene rings is 1. The number of carbonyl (C=O) groups excluding carboxylic acids is 1. The van der Waals surface area contributed by atoms with Crippen LogP contribution in [0.15, 0.2) is 54.9 Å². The van der Waals surface area contributed by atoms with Crippen LogP contribution in [0.1, 0.15) is 79.9 Å². The third kappa shape index (κ3) is 17.1. The molecule has 1 amide bonds. The van der Waals surface area contributed by atoms with Crippen molar-refractivity contribution in [1.29, 1.82) is 0 Å². The fourth-order valence-corrected chi connectivity index (χ4v) is 2.21. The molecule has 1 aromatic heterocycles. The molecule has 4 heteroatoms. The normalized spacial score (nSPS) is 8.79. The summed E-state index contributed by atoms with van der Waals surface area (Å²) in [6.07, 6.45) is 6.22. The van der Waals surface area contributed by atoms with Crippen LogP contribution in [0.2, 0.25) is 0 Å². The molecule has 0 unspecified atom stereocenters. The summed E-state index contributed by atoms with van der Waals surface area (Å²) in [6, 6.07) is 14.6. The Kier molecular flexibility index (Phi) is 25.4. The van der Waals surface area contributed by atoms with Gasteiger partial charge in [0.05, 0.1) is 0 Å². The average molecular weight is 464 g/mol. The molecule has 0 aliphatic rings. The first-order valence-electron chi connectivity index (χ1n) is 8.72. The van der Waals surface area contributed by atoms with Gasteiger partial charge in [-0.2, -0.15) is 0 Å². The van der Waals surface area contributed by atoms with Crippen molar-refractivity contribution in [3.8, 4) is 0 Å². The van der Waals surface area contributed by atoms with Crippen molar-refractivity contribution in [2.45, 2.75) is 81.2 Å². The van der Waals surface area contributed by atoms with Crippen LogP contribution in [0.3, 0.4) is 0 Å². The van der Waals surface area contributed by atoms with Gasteiger partial charge in [0.25, 0.3) is 0 Å². The first-order chi connectivity index (χ1) is 11.5. The molecule has 3 nitrogen and oxygen atoms in total. The molecule has 2 rings (SSSR count). The van der Waals surface area contributed by atoms with E-state index in [2.05, 4.69) is 42.3 Å². The van der Waals surface area contributed by atoms with Crippen molar-refractivity contribution in [2.24, 2.45) is 0 Å². The second-order valence-corrected chi connectivity index (χ2v) is 6.50. The zero-order valence-corrected chi connectivity index (χ0v) is 18.7. The van der Waals surface area contributed by atoms with E-state index in [1.165, 1.54) is 11.1 Å². The van der Waals surface area contributed by atoms with Crippen LogP contribution < -0.4 is 5.32 Å². The fourth-order valence-electron chi connectivity index (χ4n) is 2.21. The van der Waals surface area contributed by atoms with Crippen LogP contribution in [0, 0.1) is 0 Å². The molecule has 0 aliphatic carbocycles. The van der Waals surface area contributed by atoms with Gasteiger partial charge >= 0.3 is 0 Å². The van der Waals surface area contributed by atoms with E-state index in [-0.39, 0.29) is 66.9 Å². The Balaban J connectivity index is -0.000000195. The molecule has 1 heterocycles. The number of nitrogens with one attached hydrogen (secondary N) is 1. The minimum atomic E-state index is 0. The van der Waals surface area contributed by atoms with E-state index >= 15 is 0 Å². The molecule has 1 aromatic carbocycles. The summed E-state index contributed by atoms with van der Waals surface area (Å²) in [5, 5.41) is 2.89. The summed E-state index contributed by atoms with van der Waals surface area (Å²) in [5.41, 5.74) is 2.60.